The summed E-state index contributed by atoms with van der Waals surface area (Å²) < 4.78 is 115. The molecular weight excluding hydrogens is 709 g/mol. The van der Waals surface area contributed by atoms with E-state index >= 15 is 0 Å². The summed E-state index contributed by atoms with van der Waals surface area (Å²) in [6.07, 6.45) is 0. The summed E-state index contributed by atoms with van der Waals surface area (Å²) in [7, 11) is 0. The second kappa shape index (κ2) is 10.1. The van der Waals surface area contributed by atoms with Gasteiger partial charge in [-0.25, -0.2) is 45.1 Å². The molecule has 0 atom stereocenters. The van der Waals surface area contributed by atoms with Crippen LogP contribution in [0.15, 0.2) is 36.4 Å². The Bertz CT molecular complexity index is 2150. The minimum Gasteiger partial charge on any atom is -0.222 e. The Morgan fingerprint density at radius 3 is 1.00 bits per heavy atom. The molecule has 0 radical (unpaired) electrons. The number of hydrogen-bond acceptors (Lipinski definition) is 8. The van der Waals surface area contributed by atoms with Crippen molar-refractivity contribution in [2.24, 2.45) is 0 Å². The van der Waals surface area contributed by atoms with Gasteiger partial charge in [-0.1, -0.05) is 22.7 Å². The van der Waals surface area contributed by atoms with Crippen molar-refractivity contribution in [3.63, 3.8) is 0 Å². The van der Waals surface area contributed by atoms with E-state index in [1.807, 2.05) is 0 Å². The van der Waals surface area contributed by atoms with Gasteiger partial charge in [0.05, 0.1) is 20.9 Å². The van der Waals surface area contributed by atoms with E-state index in [-0.39, 0.29) is 21.9 Å². The molecule has 0 spiro atoms. The Labute approximate surface area is 263 Å². The number of aromatic nitrogens is 2. The summed E-state index contributed by atoms with van der Waals surface area (Å²) >= 11 is 7.35. The molecule has 0 unspecified atom stereocenters. The Kier molecular flexibility index (Phi) is 6.49. The molecule has 0 aliphatic rings. The van der Waals surface area contributed by atoms with Crippen LogP contribution in [0.3, 0.4) is 0 Å². The maximum Gasteiger partial charge on any atom is 0.170 e. The first-order valence-corrected chi connectivity index (χ1v) is 17.0. The molecule has 2 nitrogen and oxygen atoms in total. The van der Waals surface area contributed by atoms with E-state index in [4.69, 9.17) is 9.97 Å². The molecule has 0 fully saturated rings. The minimum atomic E-state index is -1.47. The third-order valence-corrected chi connectivity index (χ3v) is 13.5. The molecule has 0 bridgehead atoms. The number of hydrogen-bond donors (Lipinski definition) is 0. The van der Waals surface area contributed by atoms with Crippen molar-refractivity contribution in [1.82, 2.24) is 9.97 Å². The van der Waals surface area contributed by atoms with Gasteiger partial charge >= 0.3 is 0 Å². The van der Waals surface area contributed by atoms with Crippen LogP contribution in [0.25, 0.3) is 69.1 Å². The fourth-order valence-corrected chi connectivity index (χ4v) is 11.6. The van der Waals surface area contributed by atoms with Crippen LogP contribution in [0, 0.1) is 46.5 Å². The largest absolute Gasteiger partial charge is 0.222 e. The van der Waals surface area contributed by atoms with Crippen molar-refractivity contribution in [1.29, 1.82) is 0 Å². The molecule has 44 heavy (non-hydrogen) atoms. The first-order valence-electron chi connectivity index (χ1n) is 12.1. The second-order valence-corrected chi connectivity index (χ2v) is 15.5. The monoisotopic (exact) mass is 714 g/mol. The lowest BCUT2D eigenvalue weighted by Crippen LogP contribution is -1.97. The number of thiophene rings is 4. The van der Waals surface area contributed by atoms with Gasteiger partial charge in [0, 0.05) is 40.7 Å². The quantitative estimate of drug-likeness (QED) is 0.134. The van der Waals surface area contributed by atoms with E-state index in [0.717, 1.165) is 32.4 Å². The molecule has 0 N–H and O–H groups in total. The smallest absolute Gasteiger partial charge is 0.170 e. The van der Waals surface area contributed by atoms with Gasteiger partial charge in [0.15, 0.2) is 56.2 Å². The van der Waals surface area contributed by atoms with E-state index in [1.165, 1.54) is 57.5 Å². The van der Waals surface area contributed by atoms with Crippen LogP contribution in [0.2, 0.25) is 0 Å². The zero-order chi connectivity index (χ0) is 30.6. The standard InChI is InChI=1S/C28H6F8N2S6/c29-7-1-8(30)22(34)19(21(7)33)15-3-11-13(39-15)5-17(41-11)25-37-27-28(43-25)38-26(44-27)18-6-14-12(42-18)4-16(40-14)20-23(35)9(31)2-10(32)24(20)36/h1-6H. The number of rotatable bonds is 4. The molecule has 6 aromatic heterocycles. The van der Waals surface area contributed by atoms with Crippen molar-refractivity contribution in [3.05, 3.63) is 82.9 Å². The van der Waals surface area contributed by atoms with Crippen molar-refractivity contribution >= 4 is 96.5 Å². The van der Waals surface area contributed by atoms with Gasteiger partial charge in [-0.2, -0.15) is 0 Å². The first kappa shape index (κ1) is 28.2. The summed E-state index contributed by atoms with van der Waals surface area (Å²) in [5.74, 6) is -11.7. The number of halogens is 8. The van der Waals surface area contributed by atoms with E-state index < -0.39 is 57.7 Å². The van der Waals surface area contributed by atoms with Gasteiger partial charge in [0.25, 0.3) is 0 Å². The lowest BCUT2D eigenvalue weighted by molar-refractivity contribution is 0.458. The van der Waals surface area contributed by atoms with E-state index in [0.29, 0.717) is 38.5 Å². The van der Waals surface area contributed by atoms with Crippen LogP contribution < -0.4 is 0 Å². The predicted octanol–water partition coefficient (Wildman–Crippen LogP) is 12.1. The van der Waals surface area contributed by atoms with Crippen molar-refractivity contribution in [3.8, 4) is 40.7 Å². The van der Waals surface area contributed by atoms with Crippen molar-refractivity contribution < 1.29 is 35.1 Å². The molecule has 2 aromatic carbocycles. The average molecular weight is 715 g/mol. The number of nitrogens with zero attached hydrogens (tertiary/aromatic N) is 2. The van der Waals surface area contributed by atoms with Gasteiger partial charge in [-0.3, -0.25) is 0 Å². The van der Waals surface area contributed by atoms with Crippen LogP contribution in [0.4, 0.5) is 35.1 Å². The van der Waals surface area contributed by atoms with Gasteiger partial charge in [0.2, 0.25) is 0 Å². The van der Waals surface area contributed by atoms with Crippen LogP contribution in [0.1, 0.15) is 0 Å². The molecule has 6 heterocycles. The Balaban J connectivity index is 1.09. The van der Waals surface area contributed by atoms with Gasteiger partial charge in [-0.05, 0) is 24.3 Å². The third-order valence-electron chi connectivity index (χ3n) is 6.53. The number of thiazole rings is 2. The van der Waals surface area contributed by atoms with E-state index in [2.05, 4.69) is 0 Å². The topological polar surface area (TPSA) is 25.8 Å². The van der Waals surface area contributed by atoms with Crippen LogP contribution >= 0.6 is 68.0 Å². The molecule has 0 aliphatic heterocycles. The normalized spacial score (nSPS) is 12.1. The molecule has 8 rings (SSSR count). The highest BCUT2D eigenvalue weighted by Crippen LogP contribution is 2.48. The highest BCUT2D eigenvalue weighted by molar-refractivity contribution is 7.35. The summed E-state index contributed by atoms with van der Waals surface area (Å²) in [6.45, 7) is 0. The SMILES string of the molecule is Fc1cc(F)c(F)c(-c2cc3sc(-c4nc5sc(-c6cc7sc(-c8c(F)c(F)cc(F)c8F)cc7s6)nc5s4)cc3s2)c1F. The van der Waals surface area contributed by atoms with Gasteiger partial charge < -0.3 is 0 Å². The van der Waals surface area contributed by atoms with E-state index in [9.17, 15) is 35.1 Å². The lowest BCUT2D eigenvalue weighted by atomic mass is 10.1. The van der Waals surface area contributed by atoms with Crippen LogP contribution in [-0.4, -0.2) is 9.97 Å². The average Bonchev–Trinajstić information content (AvgIpc) is 3.78. The molecule has 0 aliphatic carbocycles. The van der Waals surface area contributed by atoms with Crippen LogP contribution in [-0.2, 0) is 0 Å². The Morgan fingerprint density at radius 1 is 0.364 bits per heavy atom. The predicted molar refractivity (Wildman–Crippen MR) is 163 cm³/mol. The summed E-state index contributed by atoms with van der Waals surface area (Å²) in [5, 5.41) is 1.36. The fourth-order valence-electron chi connectivity index (χ4n) is 4.56. The zero-order valence-electron chi connectivity index (χ0n) is 20.8. The zero-order valence-corrected chi connectivity index (χ0v) is 25.7. The molecule has 0 saturated carbocycles. The van der Waals surface area contributed by atoms with E-state index in [1.54, 1.807) is 12.1 Å². The van der Waals surface area contributed by atoms with Gasteiger partial charge in [0.1, 0.15) is 10.0 Å². The molecular formula is C28H6F8N2S6. The maximum absolute atomic E-state index is 14.3. The van der Waals surface area contributed by atoms with Crippen molar-refractivity contribution in [2.75, 3.05) is 0 Å². The number of benzene rings is 2. The number of fused-ring (bicyclic) bond motifs is 3. The first-order chi connectivity index (χ1) is 21.0. The van der Waals surface area contributed by atoms with Crippen LogP contribution in [0.5, 0.6) is 0 Å². The molecule has 0 saturated heterocycles. The molecule has 16 heteroatoms. The summed E-state index contributed by atoms with van der Waals surface area (Å²) in [5.41, 5.74) is -1.48. The highest BCUT2D eigenvalue weighted by atomic mass is 32.1. The summed E-state index contributed by atoms with van der Waals surface area (Å²) in [6, 6.07) is 6.92. The minimum absolute atomic E-state index is 0.0685. The third kappa shape index (κ3) is 4.34. The fraction of sp³-hybridized carbons (Fsp3) is 0. The Morgan fingerprint density at radius 2 is 0.659 bits per heavy atom. The van der Waals surface area contributed by atoms with Crippen molar-refractivity contribution in [2.45, 2.75) is 0 Å². The Hall–Kier alpha value is -3.28. The summed E-state index contributed by atoms with van der Waals surface area (Å²) in [4.78, 5) is 12.4. The maximum atomic E-state index is 14.3. The lowest BCUT2D eigenvalue weighted by Gasteiger charge is -2.04. The molecule has 0 amide bonds. The highest BCUT2D eigenvalue weighted by Gasteiger charge is 2.25. The molecule has 220 valence electrons. The molecule has 8 aromatic rings. The second-order valence-electron chi connectivity index (χ2n) is 9.23. The van der Waals surface area contributed by atoms with Gasteiger partial charge in [-0.15, -0.1) is 45.3 Å².